The highest BCUT2D eigenvalue weighted by molar-refractivity contribution is 6.01. The molecule has 44 heavy (non-hydrogen) atoms. The van der Waals surface area contributed by atoms with Gasteiger partial charge in [-0.1, -0.05) is 25.1 Å². The third-order valence-corrected chi connectivity index (χ3v) is 7.81. The molecule has 1 fully saturated rings. The number of piperidine rings is 1. The number of urea groups is 2. The number of methoxy groups -OCH3 is 1. The van der Waals surface area contributed by atoms with Crippen LogP contribution in [-0.2, 0) is 14.3 Å². The van der Waals surface area contributed by atoms with E-state index in [0.717, 1.165) is 49.8 Å². The van der Waals surface area contributed by atoms with Crippen molar-refractivity contribution in [1.29, 1.82) is 0 Å². The van der Waals surface area contributed by atoms with Crippen molar-refractivity contribution < 1.29 is 37.8 Å². The number of aliphatic carboxylic acids is 1. The average Bonchev–Trinajstić information content (AvgIpc) is 3.00. The smallest absolute Gasteiger partial charge is 0.335 e. The van der Waals surface area contributed by atoms with Gasteiger partial charge in [0.15, 0.2) is 11.6 Å². The van der Waals surface area contributed by atoms with Gasteiger partial charge in [-0.25, -0.2) is 28.1 Å². The van der Waals surface area contributed by atoms with E-state index in [9.17, 15) is 33.1 Å². The number of hydrogen-bond acceptors (Lipinski definition) is 6. The number of anilines is 1. The molecule has 1 atom stereocenters. The van der Waals surface area contributed by atoms with Crippen molar-refractivity contribution in [1.82, 2.24) is 20.4 Å². The quantitative estimate of drug-likeness (QED) is 0.277. The Bertz CT molecular complexity index is 1430. The fourth-order valence-electron chi connectivity index (χ4n) is 5.57. The van der Waals surface area contributed by atoms with Crippen LogP contribution >= 0.6 is 0 Å². The standard InChI is InChI=1S/C31H37F2N5O6/c1-3-26(39)35-22-7-4-6-20(16-22)19-10-14-37(15-11-19)13-5-12-34-30(42)38-28(21-8-9-23(32)24(33)17-21)27(29(40)41)25(18-44-2)36-31(38)43/h4,6-9,16-17,19,28H,3,5,10-15,18H2,1-2H3,(H,34,42)(H,35,39)(H,36,43)(H,40,41)/t28-/m0/s1. The summed E-state index contributed by atoms with van der Waals surface area (Å²) in [6, 6.07) is 7.33. The summed E-state index contributed by atoms with van der Waals surface area (Å²) in [7, 11) is 1.31. The first kappa shape index (κ1) is 32.6. The normalized spacial score (nSPS) is 17.8. The van der Waals surface area contributed by atoms with Gasteiger partial charge >= 0.3 is 18.0 Å². The number of carboxylic acid groups (broad SMARTS) is 1. The van der Waals surface area contributed by atoms with Gasteiger partial charge in [-0.15, -0.1) is 0 Å². The van der Waals surface area contributed by atoms with Gasteiger partial charge in [0.05, 0.1) is 17.9 Å². The second kappa shape index (κ2) is 14.9. The first-order valence-corrected chi connectivity index (χ1v) is 14.5. The first-order valence-electron chi connectivity index (χ1n) is 14.5. The van der Waals surface area contributed by atoms with Crippen LogP contribution < -0.4 is 16.0 Å². The lowest BCUT2D eigenvalue weighted by atomic mass is 9.89. The predicted octanol–water partition coefficient (Wildman–Crippen LogP) is 4.34. The molecule has 0 saturated carbocycles. The number of amides is 5. The number of benzene rings is 2. The molecule has 0 aromatic heterocycles. The van der Waals surface area contributed by atoms with Crippen LogP contribution in [0.15, 0.2) is 53.7 Å². The molecule has 0 aliphatic carbocycles. The van der Waals surface area contributed by atoms with E-state index in [1.165, 1.54) is 12.7 Å². The van der Waals surface area contributed by atoms with Gasteiger partial charge in [-0.3, -0.25) is 4.79 Å². The molecule has 0 radical (unpaired) electrons. The Hall–Kier alpha value is -4.36. The van der Waals surface area contributed by atoms with E-state index in [1.807, 2.05) is 25.1 Å². The largest absolute Gasteiger partial charge is 0.478 e. The molecule has 2 heterocycles. The van der Waals surface area contributed by atoms with Crippen LogP contribution in [0.2, 0.25) is 0 Å². The van der Waals surface area contributed by atoms with E-state index < -0.39 is 41.3 Å². The van der Waals surface area contributed by atoms with E-state index in [-0.39, 0.29) is 30.3 Å². The molecule has 236 valence electrons. The fraction of sp³-hybridized carbons (Fsp3) is 0.419. The number of carboxylic acids is 1. The van der Waals surface area contributed by atoms with Crippen LogP contribution in [-0.4, -0.2) is 78.7 Å². The summed E-state index contributed by atoms with van der Waals surface area (Å²) >= 11 is 0. The minimum Gasteiger partial charge on any atom is -0.478 e. The minimum atomic E-state index is -1.52. The number of carbonyl (C=O) groups excluding carboxylic acids is 3. The summed E-state index contributed by atoms with van der Waals surface area (Å²) in [5.74, 6) is -3.51. The number of nitrogens with zero attached hydrogens (tertiary/aromatic N) is 2. The van der Waals surface area contributed by atoms with Gasteiger partial charge in [0, 0.05) is 25.8 Å². The molecule has 13 heteroatoms. The van der Waals surface area contributed by atoms with Gasteiger partial charge < -0.3 is 30.7 Å². The summed E-state index contributed by atoms with van der Waals surface area (Å²) in [6.07, 6.45) is 2.86. The molecule has 0 bridgehead atoms. The van der Waals surface area contributed by atoms with Gasteiger partial charge in [0.2, 0.25) is 5.91 Å². The van der Waals surface area contributed by atoms with Crippen LogP contribution in [0.3, 0.4) is 0 Å². The lowest BCUT2D eigenvalue weighted by molar-refractivity contribution is -0.133. The number of rotatable bonds is 11. The minimum absolute atomic E-state index is 0.0283. The highest BCUT2D eigenvalue weighted by Gasteiger charge is 2.42. The van der Waals surface area contributed by atoms with Gasteiger partial charge in [-0.2, -0.15) is 0 Å². The van der Waals surface area contributed by atoms with E-state index in [2.05, 4.69) is 26.9 Å². The Labute approximate surface area is 254 Å². The lowest BCUT2D eigenvalue weighted by Crippen LogP contribution is -2.55. The summed E-state index contributed by atoms with van der Waals surface area (Å²) < 4.78 is 32.8. The maximum absolute atomic E-state index is 14.2. The first-order chi connectivity index (χ1) is 21.1. The molecule has 2 aromatic rings. The molecule has 0 spiro atoms. The molecule has 2 aliphatic heterocycles. The average molecular weight is 614 g/mol. The zero-order chi connectivity index (χ0) is 31.8. The fourth-order valence-corrected chi connectivity index (χ4v) is 5.57. The Morgan fingerprint density at radius 2 is 1.82 bits per heavy atom. The zero-order valence-corrected chi connectivity index (χ0v) is 24.7. The third-order valence-electron chi connectivity index (χ3n) is 7.81. The lowest BCUT2D eigenvalue weighted by Gasteiger charge is -2.36. The monoisotopic (exact) mass is 613 g/mol. The number of carbonyl (C=O) groups is 4. The maximum Gasteiger partial charge on any atom is 0.335 e. The van der Waals surface area contributed by atoms with E-state index >= 15 is 0 Å². The Kier molecular flexibility index (Phi) is 11.0. The molecule has 2 aliphatic rings. The highest BCUT2D eigenvalue weighted by atomic mass is 19.2. The van der Waals surface area contributed by atoms with Crippen molar-refractivity contribution in [2.45, 2.75) is 44.6 Å². The molecule has 11 nitrogen and oxygen atoms in total. The Balaban J connectivity index is 1.35. The second-order valence-electron chi connectivity index (χ2n) is 10.7. The molecule has 0 unspecified atom stereocenters. The molecular formula is C31H37F2N5O6. The predicted molar refractivity (Wildman–Crippen MR) is 158 cm³/mol. The van der Waals surface area contributed by atoms with Crippen molar-refractivity contribution in [2.24, 2.45) is 0 Å². The van der Waals surface area contributed by atoms with Crippen molar-refractivity contribution in [3.05, 3.63) is 76.5 Å². The van der Waals surface area contributed by atoms with Crippen LogP contribution in [0.4, 0.5) is 24.1 Å². The molecule has 1 saturated heterocycles. The van der Waals surface area contributed by atoms with Gasteiger partial charge in [-0.05, 0) is 80.2 Å². The van der Waals surface area contributed by atoms with Crippen molar-refractivity contribution in [3.63, 3.8) is 0 Å². The second-order valence-corrected chi connectivity index (χ2v) is 10.7. The molecule has 5 amide bonds. The summed E-state index contributed by atoms with van der Waals surface area (Å²) in [4.78, 5) is 53.2. The van der Waals surface area contributed by atoms with Gasteiger partial charge in [0.25, 0.3) is 0 Å². The topological polar surface area (TPSA) is 140 Å². The molecule has 4 N–H and O–H groups in total. The van der Waals surface area contributed by atoms with Crippen LogP contribution in [0.1, 0.15) is 55.7 Å². The van der Waals surface area contributed by atoms with Crippen LogP contribution in [0, 0.1) is 11.6 Å². The van der Waals surface area contributed by atoms with Gasteiger partial charge in [0.1, 0.15) is 6.04 Å². The number of likely N-dealkylation sites (tertiary alicyclic amines) is 1. The summed E-state index contributed by atoms with van der Waals surface area (Å²) in [5, 5.41) is 17.9. The number of imide groups is 1. The number of halogens is 2. The van der Waals surface area contributed by atoms with E-state index in [4.69, 9.17) is 4.74 Å². The third kappa shape index (κ3) is 7.77. The molecule has 2 aromatic carbocycles. The van der Waals surface area contributed by atoms with Crippen LogP contribution in [0.25, 0.3) is 0 Å². The number of ether oxygens (including phenoxy) is 1. The summed E-state index contributed by atoms with van der Waals surface area (Å²) in [5.41, 5.74) is 1.41. The Morgan fingerprint density at radius 1 is 1.07 bits per heavy atom. The van der Waals surface area contributed by atoms with Crippen molar-refractivity contribution in [3.8, 4) is 0 Å². The summed E-state index contributed by atoms with van der Waals surface area (Å²) in [6.45, 7) is 4.13. The SMILES string of the molecule is CCC(=O)Nc1cccc(C2CCN(CCCNC(=O)N3C(=O)NC(COC)=C(C(=O)O)[C@@H]3c3ccc(F)c(F)c3)CC2)c1. The van der Waals surface area contributed by atoms with E-state index in [1.54, 1.807) is 0 Å². The Morgan fingerprint density at radius 3 is 2.48 bits per heavy atom. The number of nitrogens with one attached hydrogen (secondary N) is 3. The maximum atomic E-state index is 14.2. The number of hydrogen-bond donors (Lipinski definition) is 4. The van der Waals surface area contributed by atoms with Crippen molar-refractivity contribution >= 4 is 29.6 Å². The zero-order valence-electron chi connectivity index (χ0n) is 24.7. The highest BCUT2D eigenvalue weighted by Crippen LogP contribution is 2.35. The van der Waals surface area contributed by atoms with Crippen molar-refractivity contribution in [2.75, 3.05) is 45.2 Å². The van der Waals surface area contributed by atoms with Crippen LogP contribution in [0.5, 0.6) is 0 Å². The molecule has 4 rings (SSSR count). The molecular weight excluding hydrogens is 576 g/mol. The van der Waals surface area contributed by atoms with E-state index in [0.29, 0.717) is 30.2 Å².